The molecule has 108 valence electrons. The third-order valence-electron chi connectivity index (χ3n) is 2.96. The van der Waals surface area contributed by atoms with Crippen LogP contribution in [0.4, 0.5) is 4.79 Å². The van der Waals surface area contributed by atoms with Crippen molar-refractivity contribution < 1.29 is 9.53 Å². The number of fused-ring (bicyclic) bond motifs is 1. The van der Waals surface area contributed by atoms with Crippen molar-refractivity contribution in [2.24, 2.45) is 0 Å². The molecule has 0 amide bonds. The number of hydrogen-bond donors (Lipinski definition) is 0. The third kappa shape index (κ3) is 3.16. The Labute approximate surface area is 124 Å². The number of aromatic nitrogens is 2. The molecular weight excluding hydrogens is 359 g/mol. The number of pyridine rings is 1. The van der Waals surface area contributed by atoms with Gasteiger partial charge in [0, 0.05) is 0 Å². The van der Waals surface area contributed by atoms with E-state index in [0.717, 1.165) is 5.39 Å². The molecule has 5 heteroatoms. The number of carbonyl (C=O) groups is 1. The first-order valence-electron chi connectivity index (χ1n) is 6.79. The van der Waals surface area contributed by atoms with Crippen LogP contribution in [0.5, 0.6) is 0 Å². The van der Waals surface area contributed by atoms with E-state index in [4.69, 9.17) is 4.74 Å². The van der Waals surface area contributed by atoms with Crippen LogP contribution in [0.2, 0.25) is 14.8 Å². The van der Waals surface area contributed by atoms with E-state index in [1.54, 1.807) is 10.8 Å². The Kier molecular flexibility index (Phi) is 3.88. The fourth-order valence-corrected chi connectivity index (χ4v) is 6.44. The van der Waals surface area contributed by atoms with Crippen LogP contribution in [0.3, 0.4) is 0 Å². The molecule has 0 N–H and O–H groups in total. The summed E-state index contributed by atoms with van der Waals surface area (Å²) < 4.78 is 8.32. The van der Waals surface area contributed by atoms with E-state index in [9.17, 15) is 4.79 Å². The summed E-state index contributed by atoms with van der Waals surface area (Å²) in [7, 11) is 0. The van der Waals surface area contributed by atoms with Crippen LogP contribution in [-0.4, -0.2) is 39.6 Å². The van der Waals surface area contributed by atoms with Crippen LogP contribution in [-0.2, 0) is 4.74 Å². The summed E-state index contributed by atoms with van der Waals surface area (Å²) >= 11 is -2.31. The average molecular weight is 381 g/mol. The molecule has 0 aliphatic heterocycles. The van der Waals surface area contributed by atoms with E-state index in [0.29, 0.717) is 5.65 Å². The van der Waals surface area contributed by atoms with Gasteiger partial charge >= 0.3 is 124 Å². The first-order valence-corrected chi connectivity index (χ1v) is 16.8. The van der Waals surface area contributed by atoms with Crippen LogP contribution in [0, 0.1) is 0 Å². The minimum atomic E-state index is -2.31. The molecule has 0 atom stereocenters. The zero-order valence-corrected chi connectivity index (χ0v) is 15.9. The molecule has 0 saturated carbocycles. The van der Waals surface area contributed by atoms with E-state index in [-0.39, 0.29) is 6.09 Å². The van der Waals surface area contributed by atoms with Crippen molar-refractivity contribution in [2.45, 2.75) is 41.2 Å². The maximum absolute atomic E-state index is 12.3. The van der Waals surface area contributed by atoms with Gasteiger partial charge in [0.1, 0.15) is 0 Å². The minimum absolute atomic E-state index is 0.358. The van der Waals surface area contributed by atoms with Crippen molar-refractivity contribution in [1.82, 2.24) is 9.55 Å². The molecule has 2 aromatic heterocycles. The van der Waals surface area contributed by atoms with E-state index in [1.165, 1.54) is 3.58 Å². The second kappa shape index (κ2) is 5.06. The number of rotatable bonds is 1. The predicted octanol–water partition coefficient (Wildman–Crippen LogP) is 3.36. The molecule has 0 aromatic carbocycles. The standard InChI is InChI=1S/C12H13N2O2.3CH3.Sn/c1-12(2,3)16-11(15)14-8-6-9-5-4-7-13-10(9)14;;;;/h4-5,7-8H,1-3H3;3*1H3;. The third-order valence-corrected chi connectivity index (χ3v) is 8.71. The number of ether oxygens (including phenoxy) is 1. The summed E-state index contributed by atoms with van der Waals surface area (Å²) in [6, 6.07) is 3.96. The Bertz CT molecular complexity index is 648. The van der Waals surface area contributed by atoms with E-state index in [1.807, 2.05) is 39.1 Å². The van der Waals surface area contributed by atoms with Crippen molar-refractivity contribution in [2.75, 3.05) is 0 Å². The molecule has 0 fully saturated rings. The normalized spacial score (nSPS) is 12.7. The molecule has 0 saturated heterocycles. The molecular formula is C15H22N2O2Sn. The van der Waals surface area contributed by atoms with Gasteiger partial charge < -0.3 is 0 Å². The molecule has 2 heterocycles. The van der Waals surface area contributed by atoms with Gasteiger partial charge in [-0.3, -0.25) is 0 Å². The van der Waals surface area contributed by atoms with Gasteiger partial charge in [0.15, 0.2) is 0 Å². The van der Waals surface area contributed by atoms with Gasteiger partial charge in [0.2, 0.25) is 0 Å². The predicted molar refractivity (Wildman–Crippen MR) is 84.3 cm³/mol. The molecule has 0 aliphatic carbocycles. The first-order chi connectivity index (χ1) is 9.09. The van der Waals surface area contributed by atoms with Gasteiger partial charge in [0.05, 0.1) is 0 Å². The van der Waals surface area contributed by atoms with Crippen molar-refractivity contribution in [3.05, 3.63) is 24.5 Å². The van der Waals surface area contributed by atoms with Crippen molar-refractivity contribution >= 4 is 39.1 Å². The van der Waals surface area contributed by atoms with Crippen molar-refractivity contribution in [1.29, 1.82) is 0 Å². The first kappa shape index (κ1) is 15.3. The number of hydrogen-bond acceptors (Lipinski definition) is 3. The quantitative estimate of drug-likeness (QED) is 0.712. The fraction of sp³-hybridized carbons (Fsp3) is 0.467. The van der Waals surface area contributed by atoms with Crippen LogP contribution < -0.4 is 3.58 Å². The zero-order chi connectivity index (χ0) is 15.1. The number of nitrogens with zero attached hydrogens (tertiary/aromatic N) is 2. The van der Waals surface area contributed by atoms with Gasteiger partial charge in [0.25, 0.3) is 0 Å². The van der Waals surface area contributed by atoms with Gasteiger partial charge in [-0.1, -0.05) is 0 Å². The molecule has 0 spiro atoms. The van der Waals surface area contributed by atoms with Crippen LogP contribution in [0.25, 0.3) is 11.0 Å². The fourth-order valence-electron chi connectivity index (χ4n) is 2.11. The van der Waals surface area contributed by atoms with E-state index >= 15 is 0 Å². The molecule has 0 aliphatic rings. The van der Waals surface area contributed by atoms with Gasteiger partial charge in [-0.25, -0.2) is 0 Å². The topological polar surface area (TPSA) is 44.1 Å². The molecule has 0 bridgehead atoms. The molecule has 0 unspecified atom stereocenters. The Morgan fingerprint density at radius 3 is 2.50 bits per heavy atom. The molecule has 0 radical (unpaired) electrons. The summed E-state index contributed by atoms with van der Waals surface area (Å²) in [6.45, 7) is 5.61. The average Bonchev–Trinajstić information content (AvgIpc) is 2.65. The number of carbonyl (C=O) groups excluding carboxylic acids is 1. The molecule has 2 rings (SSSR count). The van der Waals surface area contributed by atoms with E-state index < -0.39 is 24.0 Å². The molecule has 4 nitrogen and oxygen atoms in total. The Morgan fingerprint density at radius 2 is 1.95 bits per heavy atom. The Balaban J connectivity index is 2.58. The van der Waals surface area contributed by atoms with Crippen molar-refractivity contribution in [3.63, 3.8) is 0 Å². The Morgan fingerprint density at radius 1 is 1.30 bits per heavy atom. The second-order valence-electron chi connectivity index (χ2n) is 7.02. The summed E-state index contributed by atoms with van der Waals surface area (Å²) in [5.41, 5.74) is 0.191. The van der Waals surface area contributed by atoms with Crippen molar-refractivity contribution in [3.8, 4) is 0 Å². The summed E-state index contributed by atoms with van der Waals surface area (Å²) in [5.74, 6) is 0. The second-order valence-corrected chi connectivity index (χ2v) is 21.4. The van der Waals surface area contributed by atoms with Gasteiger partial charge in [-0.05, 0) is 0 Å². The summed E-state index contributed by atoms with van der Waals surface area (Å²) in [5, 5.41) is 1.08. The van der Waals surface area contributed by atoms with Crippen LogP contribution >= 0.6 is 0 Å². The summed E-state index contributed by atoms with van der Waals surface area (Å²) in [6.07, 6.45) is 3.29. The maximum atomic E-state index is 12.3. The van der Waals surface area contributed by atoms with Gasteiger partial charge in [-0.2, -0.15) is 0 Å². The van der Waals surface area contributed by atoms with E-state index in [2.05, 4.69) is 19.8 Å². The SMILES string of the molecule is CC(C)(C)OC(=O)n1c[c]([Sn]([CH3])([CH3])[CH3])c2cccnc21. The van der Waals surface area contributed by atoms with Crippen LogP contribution in [0.1, 0.15) is 20.8 Å². The summed E-state index contributed by atoms with van der Waals surface area (Å²) in [4.78, 5) is 23.7. The molecule has 20 heavy (non-hydrogen) atoms. The monoisotopic (exact) mass is 382 g/mol. The zero-order valence-electron chi connectivity index (χ0n) is 13.0. The Hall–Kier alpha value is -1.04. The van der Waals surface area contributed by atoms with Gasteiger partial charge in [-0.15, -0.1) is 0 Å². The van der Waals surface area contributed by atoms with Crippen LogP contribution in [0.15, 0.2) is 24.5 Å². The molecule has 2 aromatic rings.